The molecule has 2 fully saturated rings. The van der Waals surface area contributed by atoms with Crippen LogP contribution in [0.1, 0.15) is 64.0 Å². The number of nitrogens with zero attached hydrogens (tertiary/aromatic N) is 1. The van der Waals surface area contributed by atoms with Gasteiger partial charge in [0.2, 0.25) is 0 Å². The zero-order chi connectivity index (χ0) is 21.0. The Morgan fingerprint density at radius 2 is 1.97 bits per heavy atom. The van der Waals surface area contributed by atoms with Crippen LogP contribution in [0.4, 0.5) is 4.79 Å². The third-order valence-electron chi connectivity index (χ3n) is 6.68. The average molecular weight is 422 g/mol. The summed E-state index contributed by atoms with van der Waals surface area (Å²) in [5, 5.41) is 0. The summed E-state index contributed by atoms with van der Waals surface area (Å²) in [5.74, 6) is 0.761. The number of likely N-dealkylation sites (tertiary alicyclic amines) is 1. The summed E-state index contributed by atoms with van der Waals surface area (Å²) >= 11 is 0. The van der Waals surface area contributed by atoms with Gasteiger partial charge in [-0.25, -0.2) is 4.79 Å². The number of benzene rings is 1. The zero-order valence-corrected chi connectivity index (χ0v) is 18.5. The van der Waals surface area contributed by atoms with Crippen molar-refractivity contribution in [2.45, 2.75) is 76.4 Å². The van der Waals surface area contributed by atoms with Crippen LogP contribution < -0.4 is 4.18 Å². The molecule has 3 atom stereocenters. The van der Waals surface area contributed by atoms with Crippen LogP contribution in [0, 0.1) is 5.92 Å². The van der Waals surface area contributed by atoms with Gasteiger partial charge in [-0.1, -0.05) is 18.9 Å². The smallest absolute Gasteiger partial charge is 0.410 e. The molecular formula is C22H31NO5S. The van der Waals surface area contributed by atoms with Gasteiger partial charge in [-0.2, -0.15) is 8.42 Å². The van der Waals surface area contributed by atoms with E-state index in [9.17, 15) is 13.2 Å². The van der Waals surface area contributed by atoms with Crippen molar-refractivity contribution >= 4 is 16.2 Å². The molecule has 1 saturated carbocycles. The fraction of sp³-hybridized carbons (Fsp3) is 0.682. The monoisotopic (exact) mass is 421 g/mol. The molecule has 160 valence electrons. The van der Waals surface area contributed by atoms with Crippen molar-refractivity contribution in [3.63, 3.8) is 0 Å². The van der Waals surface area contributed by atoms with Crippen molar-refractivity contribution < 1.29 is 22.1 Å². The molecule has 0 spiro atoms. The summed E-state index contributed by atoms with van der Waals surface area (Å²) in [5.41, 5.74) is 1.90. The van der Waals surface area contributed by atoms with E-state index >= 15 is 0 Å². The van der Waals surface area contributed by atoms with Crippen LogP contribution in [0.3, 0.4) is 0 Å². The molecule has 0 N–H and O–H groups in total. The van der Waals surface area contributed by atoms with Crippen molar-refractivity contribution in [3.8, 4) is 5.75 Å². The van der Waals surface area contributed by atoms with Gasteiger partial charge in [0.25, 0.3) is 0 Å². The fourth-order valence-electron chi connectivity index (χ4n) is 5.76. The van der Waals surface area contributed by atoms with Gasteiger partial charge >= 0.3 is 16.2 Å². The first-order chi connectivity index (χ1) is 13.5. The van der Waals surface area contributed by atoms with Crippen molar-refractivity contribution in [1.29, 1.82) is 0 Å². The molecule has 2 aliphatic carbocycles. The van der Waals surface area contributed by atoms with Gasteiger partial charge in [0.1, 0.15) is 11.4 Å². The second-order valence-corrected chi connectivity index (χ2v) is 11.4. The third kappa shape index (κ3) is 3.86. The molecule has 2 bridgehead atoms. The van der Waals surface area contributed by atoms with E-state index < -0.39 is 15.7 Å². The lowest BCUT2D eigenvalue weighted by Crippen LogP contribution is -2.62. The van der Waals surface area contributed by atoms with Crippen molar-refractivity contribution in [2.24, 2.45) is 5.92 Å². The first-order valence-corrected chi connectivity index (χ1v) is 12.3. The van der Waals surface area contributed by atoms with Crippen LogP contribution in [0.25, 0.3) is 0 Å². The molecule has 0 radical (unpaired) electrons. The van der Waals surface area contributed by atoms with E-state index in [1.165, 1.54) is 17.5 Å². The predicted molar refractivity (Wildman–Crippen MR) is 111 cm³/mol. The maximum absolute atomic E-state index is 12.9. The quantitative estimate of drug-likeness (QED) is 0.675. The van der Waals surface area contributed by atoms with Crippen LogP contribution in [0.15, 0.2) is 18.2 Å². The summed E-state index contributed by atoms with van der Waals surface area (Å²) in [7, 11) is -3.56. The Labute approximate surface area is 173 Å². The molecule has 1 heterocycles. The Hall–Kier alpha value is -1.76. The lowest BCUT2D eigenvalue weighted by atomic mass is 9.52. The largest absolute Gasteiger partial charge is 0.444 e. The standard InChI is InChI=1S/C22H31NO5S/c1-21(2,3)27-20(24)23-12-11-22-10-6-5-7-17(22)19(23)13-15-8-9-16(14-18(15)22)28-29(4,25)26/h8-9,14,17,19H,5-7,10-13H2,1-4H3/t17-,19+,22+/m0/s1. The minimum Gasteiger partial charge on any atom is -0.444 e. The molecule has 6 nitrogen and oxygen atoms in total. The fourth-order valence-corrected chi connectivity index (χ4v) is 6.21. The van der Waals surface area contributed by atoms with Gasteiger partial charge in [-0.05, 0) is 75.6 Å². The summed E-state index contributed by atoms with van der Waals surface area (Å²) in [6.45, 7) is 6.38. The molecule has 0 aromatic heterocycles. The lowest BCUT2D eigenvalue weighted by Gasteiger charge is -2.58. The molecule has 1 saturated heterocycles. The molecule has 4 rings (SSSR count). The Kier molecular flexibility index (Phi) is 4.88. The van der Waals surface area contributed by atoms with Gasteiger partial charge in [-0.3, -0.25) is 0 Å². The van der Waals surface area contributed by atoms with E-state index in [0.29, 0.717) is 18.2 Å². The average Bonchev–Trinajstić information content (AvgIpc) is 2.59. The number of piperidine rings is 1. The van der Waals surface area contributed by atoms with Gasteiger partial charge in [0.05, 0.1) is 6.26 Å². The number of rotatable bonds is 2. The minimum atomic E-state index is -3.56. The number of carbonyl (C=O) groups excluding carboxylic acids is 1. The first kappa shape index (κ1) is 20.5. The van der Waals surface area contributed by atoms with E-state index in [0.717, 1.165) is 38.4 Å². The summed E-state index contributed by atoms with van der Waals surface area (Å²) in [6, 6.07) is 5.78. The summed E-state index contributed by atoms with van der Waals surface area (Å²) in [4.78, 5) is 14.9. The molecule has 0 unspecified atom stereocenters. The molecule has 29 heavy (non-hydrogen) atoms. The predicted octanol–water partition coefficient (Wildman–Crippen LogP) is 4.02. The van der Waals surface area contributed by atoms with Crippen LogP contribution in [0.5, 0.6) is 5.75 Å². The Morgan fingerprint density at radius 1 is 1.21 bits per heavy atom. The minimum absolute atomic E-state index is 0.00805. The highest BCUT2D eigenvalue weighted by molar-refractivity contribution is 7.86. The maximum Gasteiger partial charge on any atom is 0.410 e. The van der Waals surface area contributed by atoms with Gasteiger partial charge in [-0.15, -0.1) is 0 Å². The Balaban J connectivity index is 1.72. The molecule has 1 aliphatic heterocycles. The normalized spacial score (nSPS) is 28.9. The van der Waals surface area contributed by atoms with Crippen LogP contribution in [0.2, 0.25) is 0 Å². The van der Waals surface area contributed by atoms with E-state index in [-0.39, 0.29) is 17.6 Å². The number of ether oxygens (including phenoxy) is 1. The summed E-state index contributed by atoms with van der Waals surface area (Å²) in [6.07, 6.45) is 6.99. The Morgan fingerprint density at radius 3 is 2.66 bits per heavy atom. The van der Waals surface area contributed by atoms with Crippen molar-refractivity contribution in [2.75, 3.05) is 12.8 Å². The zero-order valence-electron chi connectivity index (χ0n) is 17.7. The Bertz CT molecular complexity index is 920. The number of fused-ring (bicyclic) bond motifs is 1. The molecule has 7 heteroatoms. The molecule has 1 aromatic rings. The number of amides is 1. The lowest BCUT2D eigenvalue weighted by molar-refractivity contribution is -0.0349. The number of hydrogen-bond donors (Lipinski definition) is 0. The highest BCUT2D eigenvalue weighted by Crippen LogP contribution is 2.56. The van der Waals surface area contributed by atoms with Crippen LogP contribution in [-0.4, -0.2) is 43.9 Å². The highest BCUT2D eigenvalue weighted by Gasteiger charge is 2.55. The van der Waals surface area contributed by atoms with E-state index in [2.05, 4.69) is 0 Å². The number of carbonyl (C=O) groups is 1. The van der Waals surface area contributed by atoms with Gasteiger partial charge < -0.3 is 13.8 Å². The molecule has 1 aromatic carbocycles. The molecule has 1 amide bonds. The SMILES string of the molecule is CC(C)(C)OC(=O)N1CC[C@]23CCCC[C@H]2[C@H]1Cc1ccc(OS(C)(=O)=O)cc13. The van der Waals surface area contributed by atoms with Crippen molar-refractivity contribution in [3.05, 3.63) is 29.3 Å². The van der Waals surface area contributed by atoms with E-state index in [1.807, 2.05) is 37.8 Å². The highest BCUT2D eigenvalue weighted by atomic mass is 32.2. The van der Waals surface area contributed by atoms with Gasteiger partial charge in [0, 0.05) is 18.0 Å². The second-order valence-electron chi connectivity index (χ2n) is 9.81. The topological polar surface area (TPSA) is 72.9 Å². The van der Waals surface area contributed by atoms with Crippen molar-refractivity contribution in [1.82, 2.24) is 4.90 Å². The maximum atomic E-state index is 12.9. The third-order valence-corrected chi connectivity index (χ3v) is 7.18. The molecular weight excluding hydrogens is 390 g/mol. The van der Waals surface area contributed by atoms with E-state index in [1.54, 1.807) is 6.07 Å². The molecule has 3 aliphatic rings. The second kappa shape index (κ2) is 6.89. The van der Waals surface area contributed by atoms with Crippen LogP contribution >= 0.6 is 0 Å². The van der Waals surface area contributed by atoms with Gasteiger partial charge in [0.15, 0.2) is 0 Å². The van der Waals surface area contributed by atoms with E-state index in [4.69, 9.17) is 8.92 Å². The first-order valence-electron chi connectivity index (χ1n) is 10.5. The number of hydrogen-bond acceptors (Lipinski definition) is 5. The summed E-state index contributed by atoms with van der Waals surface area (Å²) < 4.78 is 34.1. The van der Waals surface area contributed by atoms with Crippen LogP contribution in [-0.2, 0) is 26.7 Å².